The lowest BCUT2D eigenvalue weighted by atomic mass is 10.3. The second-order valence-corrected chi connectivity index (χ2v) is 4.03. The van der Waals surface area contributed by atoms with Gasteiger partial charge in [0.05, 0.1) is 18.4 Å². The first kappa shape index (κ1) is 13.3. The molecule has 0 spiro atoms. The molecule has 2 rings (SSSR count). The zero-order valence-electron chi connectivity index (χ0n) is 11.2. The van der Waals surface area contributed by atoms with Gasteiger partial charge in [-0.2, -0.15) is 0 Å². The summed E-state index contributed by atoms with van der Waals surface area (Å²) >= 11 is 0. The molecule has 0 unspecified atom stereocenters. The van der Waals surface area contributed by atoms with Crippen LogP contribution in [-0.2, 0) is 6.54 Å². The van der Waals surface area contributed by atoms with Crippen molar-refractivity contribution in [2.45, 2.75) is 26.8 Å². The topological polar surface area (TPSA) is 77.8 Å². The first-order valence-corrected chi connectivity index (χ1v) is 6.33. The molecule has 1 N–H and O–H groups in total. The molecule has 0 fully saturated rings. The summed E-state index contributed by atoms with van der Waals surface area (Å²) in [6, 6.07) is 0. The van der Waals surface area contributed by atoms with Crippen molar-refractivity contribution in [1.29, 1.82) is 0 Å². The van der Waals surface area contributed by atoms with Crippen molar-refractivity contribution in [3.8, 4) is 5.88 Å². The second-order valence-electron chi connectivity index (χ2n) is 4.03. The fourth-order valence-corrected chi connectivity index (χ4v) is 1.69. The van der Waals surface area contributed by atoms with Crippen molar-refractivity contribution in [3.05, 3.63) is 24.3 Å². The van der Waals surface area contributed by atoms with Crippen molar-refractivity contribution in [2.24, 2.45) is 0 Å². The third-order valence-electron chi connectivity index (χ3n) is 2.65. The normalized spacial score (nSPS) is 10.4. The third-order valence-corrected chi connectivity index (χ3v) is 2.65. The average Bonchev–Trinajstić information content (AvgIpc) is 2.92. The van der Waals surface area contributed by atoms with Crippen LogP contribution in [0, 0.1) is 6.92 Å². The number of nitrogens with zero attached hydrogens (tertiary/aromatic N) is 5. The Labute approximate surface area is 112 Å². The molecule has 0 saturated heterocycles. The zero-order valence-corrected chi connectivity index (χ0v) is 11.2. The summed E-state index contributed by atoms with van der Waals surface area (Å²) in [5.41, 5.74) is 0.935. The molecule has 7 heteroatoms. The molecule has 0 aromatic carbocycles. The maximum atomic E-state index is 5.43. The number of nitrogens with one attached hydrogen (secondary N) is 1. The van der Waals surface area contributed by atoms with E-state index in [-0.39, 0.29) is 0 Å². The molecule has 0 bridgehead atoms. The van der Waals surface area contributed by atoms with Gasteiger partial charge in [-0.15, -0.1) is 5.10 Å². The maximum Gasteiger partial charge on any atom is 0.221 e. The van der Waals surface area contributed by atoms with E-state index in [1.165, 1.54) is 6.33 Å². The highest BCUT2D eigenvalue weighted by molar-refractivity contribution is 5.47. The van der Waals surface area contributed by atoms with Gasteiger partial charge in [-0.05, 0) is 20.3 Å². The number of aryl methyl sites for hydroxylation is 1. The number of hydrogen-bond acceptors (Lipinski definition) is 6. The van der Waals surface area contributed by atoms with Crippen LogP contribution in [0.2, 0.25) is 0 Å². The first-order valence-electron chi connectivity index (χ1n) is 6.33. The summed E-state index contributed by atoms with van der Waals surface area (Å²) < 4.78 is 7.23. The molecule has 2 aromatic heterocycles. The Balaban J connectivity index is 1.83. The third kappa shape index (κ3) is 3.64. The van der Waals surface area contributed by atoms with Crippen molar-refractivity contribution in [3.63, 3.8) is 0 Å². The lowest BCUT2D eigenvalue weighted by Crippen LogP contribution is -2.10. The molecule has 2 heterocycles. The van der Waals surface area contributed by atoms with E-state index in [2.05, 4.69) is 25.6 Å². The predicted octanol–water partition coefficient (Wildman–Crippen LogP) is 1.28. The molecule has 102 valence electrons. The van der Waals surface area contributed by atoms with E-state index >= 15 is 0 Å². The molecular weight excluding hydrogens is 244 g/mol. The summed E-state index contributed by atoms with van der Waals surface area (Å²) in [4.78, 5) is 8.32. The van der Waals surface area contributed by atoms with E-state index < -0.39 is 0 Å². The molecule has 0 aliphatic rings. The molecule has 0 aliphatic carbocycles. The van der Waals surface area contributed by atoms with Gasteiger partial charge in [-0.1, -0.05) is 5.21 Å². The molecule has 7 nitrogen and oxygen atoms in total. The number of hydrogen-bond donors (Lipinski definition) is 1. The van der Waals surface area contributed by atoms with Crippen LogP contribution in [0.25, 0.3) is 0 Å². The molecule has 2 aromatic rings. The summed E-state index contributed by atoms with van der Waals surface area (Å²) in [5.74, 6) is 1.45. The second kappa shape index (κ2) is 6.67. The van der Waals surface area contributed by atoms with E-state index in [0.717, 1.165) is 30.9 Å². The Hall–Kier alpha value is -2.18. The Morgan fingerprint density at radius 3 is 3.00 bits per heavy atom. The van der Waals surface area contributed by atoms with Crippen LogP contribution in [-0.4, -0.2) is 38.1 Å². The van der Waals surface area contributed by atoms with Gasteiger partial charge in [-0.25, -0.2) is 9.97 Å². The van der Waals surface area contributed by atoms with Gasteiger partial charge in [-0.3, -0.25) is 4.68 Å². The maximum absolute atomic E-state index is 5.43. The molecule has 0 aliphatic heterocycles. The number of aromatic nitrogens is 5. The van der Waals surface area contributed by atoms with Gasteiger partial charge in [0, 0.05) is 19.3 Å². The summed E-state index contributed by atoms with van der Waals surface area (Å²) in [6.07, 6.45) is 5.98. The highest BCUT2D eigenvalue weighted by Gasteiger charge is 2.06. The van der Waals surface area contributed by atoms with Crippen LogP contribution in [0.5, 0.6) is 5.88 Å². The lowest BCUT2D eigenvalue weighted by molar-refractivity contribution is 0.324. The Bertz CT molecular complexity index is 499. The van der Waals surface area contributed by atoms with E-state index in [0.29, 0.717) is 12.5 Å². The van der Waals surface area contributed by atoms with Crippen LogP contribution in [0.15, 0.2) is 18.7 Å². The first-order chi connectivity index (χ1) is 9.31. The SMILES string of the molecule is CCOc1ncnc(NCCCn2ccnn2)c1C. The van der Waals surface area contributed by atoms with Crippen LogP contribution in [0.1, 0.15) is 18.9 Å². The summed E-state index contributed by atoms with van der Waals surface area (Å²) in [5, 5.41) is 11.0. The van der Waals surface area contributed by atoms with Crippen LogP contribution < -0.4 is 10.1 Å². The minimum Gasteiger partial charge on any atom is -0.478 e. The van der Waals surface area contributed by atoms with Gasteiger partial charge >= 0.3 is 0 Å². The Morgan fingerprint density at radius 1 is 1.37 bits per heavy atom. The number of anilines is 1. The highest BCUT2D eigenvalue weighted by atomic mass is 16.5. The van der Waals surface area contributed by atoms with E-state index in [9.17, 15) is 0 Å². The van der Waals surface area contributed by atoms with Crippen LogP contribution >= 0.6 is 0 Å². The predicted molar refractivity (Wildman–Crippen MR) is 71.1 cm³/mol. The van der Waals surface area contributed by atoms with Gasteiger partial charge < -0.3 is 10.1 Å². The van der Waals surface area contributed by atoms with Gasteiger partial charge in [0.2, 0.25) is 5.88 Å². The molecule has 0 saturated carbocycles. The fourth-order valence-electron chi connectivity index (χ4n) is 1.69. The molecule has 0 radical (unpaired) electrons. The van der Waals surface area contributed by atoms with Gasteiger partial charge in [0.15, 0.2) is 0 Å². The quantitative estimate of drug-likeness (QED) is 0.757. The number of ether oxygens (including phenoxy) is 1. The molecule has 19 heavy (non-hydrogen) atoms. The van der Waals surface area contributed by atoms with E-state index in [1.54, 1.807) is 10.9 Å². The smallest absolute Gasteiger partial charge is 0.221 e. The minimum atomic E-state index is 0.601. The van der Waals surface area contributed by atoms with E-state index in [1.807, 2.05) is 20.0 Å². The molecular formula is C12H18N6O. The zero-order chi connectivity index (χ0) is 13.5. The van der Waals surface area contributed by atoms with Crippen LogP contribution in [0.4, 0.5) is 5.82 Å². The standard InChI is InChI=1S/C12H18N6O/c1-3-19-12-10(2)11(14-9-15-12)13-5-4-7-18-8-6-16-17-18/h6,8-9H,3-5,7H2,1-2H3,(H,13,14,15). The summed E-state index contributed by atoms with van der Waals surface area (Å²) in [6.45, 7) is 6.12. The largest absolute Gasteiger partial charge is 0.478 e. The van der Waals surface area contributed by atoms with Crippen molar-refractivity contribution in [1.82, 2.24) is 25.0 Å². The van der Waals surface area contributed by atoms with Gasteiger partial charge in [0.25, 0.3) is 0 Å². The average molecular weight is 262 g/mol. The monoisotopic (exact) mass is 262 g/mol. The minimum absolute atomic E-state index is 0.601. The van der Waals surface area contributed by atoms with Gasteiger partial charge in [0.1, 0.15) is 12.1 Å². The van der Waals surface area contributed by atoms with Crippen molar-refractivity contribution >= 4 is 5.82 Å². The number of rotatable bonds is 7. The lowest BCUT2D eigenvalue weighted by Gasteiger charge is -2.11. The Morgan fingerprint density at radius 2 is 2.26 bits per heavy atom. The molecule has 0 atom stereocenters. The van der Waals surface area contributed by atoms with Crippen LogP contribution in [0.3, 0.4) is 0 Å². The van der Waals surface area contributed by atoms with E-state index in [4.69, 9.17) is 4.74 Å². The Kier molecular flexibility index (Phi) is 4.66. The highest BCUT2D eigenvalue weighted by Crippen LogP contribution is 2.19. The summed E-state index contributed by atoms with van der Waals surface area (Å²) in [7, 11) is 0. The fraction of sp³-hybridized carbons (Fsp3) is 0.500. The molecule has 0 amide bonds. The van der Waals surface area contributed by atoms with Crippen molar-refractivity contribution in [2.75, 3.05) is 18.5 Å². The van der Waals surface area contributed by atoms with Crippen molar-refractivity contribution < 1.29 is 4.74 Å².